The fourth-order valence-electron chi connectivity index (χ4n) is 1.67. The van der Waals surface area contributed by atoms with Crippen LogP contribution in [-0.4, -0.2) is 11.9 Å². The minimum Gasteiger partial charge on any atom is -0.402 e. The minimum absolute atomic E-state index is 0.249. The van der Waals surface area contributed by atoms with Gasteiger partial charge >= 0.3 is 5.97 Å². The predicted molar refractivity (Wildman–Crippen MR) is 76.4 cm³/mol. The molecule has 3 nitrogen and oxygen atoms in total. The Labute approximate surface area is 118 Å². The average molecular weight is 290 g/mol. The van der Waals surface area contributed by atoms with Gasteiger partial charge in [0.1, 0.15) is 0 Å². The van der Waals surface area contributed by atoms with Crippen molar-refractivity contribution in [3.8, 4) is 0 Å². The summed E-state index contributed by atoms with van der Waals surface area (Å²) in [4.78, 5) is 16.9. The maximum atomic E-state index is 11.8. The van der Waals surface area contributed by atoms with E-state index in [4.69, 9.17) is 16.3 Å². The molecule has 0 N–H and O–H groups in total. The molecule has 0 fully saturated rings. The van der Waals surface area contributed by atoms with Gasteiger partial charge < -0.3 is 4.74 Å². The third-order valence-corrected chi connectivity index (χ3v) is 3.70. The van der Waals surface area contributed by atoms with Gasteiger partial charge in [-0.1, -0.05) is 29.8 Å². The number of carbonyl (C=O) groups excluding carboxylic acids is 1. The normalized spacial score (nSPS) is 16.6. The smallest absolute Gasteiger partial charge is 0.363 e. The zero-order valence-electron chi connectivity index (χ0n) is 9.67. The Kier molecular flexibility index (Phi) is 3.19. The molecule has 0 atom stereocenters. The molecule has 1 aliphatic heterocycles. The van der Waals surface area contributed by atoms with Crippen molar-refractivity contribution in [2.24, 2.45) is 4.99 Å². The van der Waals surface area contributed by atoms with E-state index in [9.17, 15) is 4.79 Å². The summed E-state index contributed by atoms with van der Waals surface area (Å²) in [6, 6.07) is 10.9. The third kappa shape index (κ3) is 2.45. The van der Waals surface area contributed by atoms with Gasteiger partial charge in [-0.15, -0.1) is 11.3 Å². The van der Waals surface area contributed by atoms with Gasteiger partial charge in [-0.05, 0) is 29.7 Å². The van der Waals surface area contributed by atoms with Crippen LogP contribution in [0.15, 0.2) is 52.5 Å². The lowest BCUT2D eigenvalue weighted by Crippen LogP contribution is -2.05. The maximum Gasteiger partial charge on any atom is 0.363 e. The molecule has 0 spiro atoms. The first kappa shape index (κ1) is 12.1. The van der Waals surface area contributed by atoms with Gasteiger partial charge in [-0.2, -0.15) is 0 Å². The van der Waals surface area contributed by atoms with Crippen LogP contribution < -0.4 is 0 Å². The Morgan fingerprint density at radius 2 is 2.05 bits per heavy atom. The summed E-state index contributed by atoms with van der Waals surface area (Å²) in [5.41, 5.74) is 0.907. The predicted octanol–water partition coefficient (Wildman–Crippen LogP) is 3.75. The molecule has 2 heterocycles. The maximum absolute atomic E-state index is 11.8. The van der Waals surface area contributed by atoms with Crippen molar-refractivity contribution in [1.29, 1.82) is 0 Å². The highest BCUT2D eigenvalue weighted by atomic mass is 35.5. The zero-order chi connectivity index (χ0) is 13.2. The van der Waals surface area contributed by atoms with Gasteiger partial charge in [-0.25, -0.2) is 9.79 Å². The van der Waals surface area contributed by atoms with Gasteiger partial charge in [0.25, 0.3) is 0 Å². The van der Waals surface area contributed by atoms with Crippen LogP contribution in [0.2, 0.25) is 5.02 Å². The van der Waals surface area contributed by atoms with E-state index in [0.29, 0.717) is 10.6 Å². The molecule has 3 rings (SSSR count). The molecule has 94 valence electrons. The summed E-state index contributed by atoms with van der Waals surface area (Å²) in [6.07, 6.45) is 1.71. The van der Waals surface area contributed by atoms with E-state index < -0.39 is 5.97 Å². The number of carbonyl (C=O) groups is 1. The first-order chi connectivity index (χ1) is 9.24. The standard InChI is InChI=1S/C14H8ClNO2S/c15-11-6-2-1-5-10(11)13-16-12(14(17)18-13)8-9-4-3-7-19-9/h1-8H/b12-8+. The molecule has 0 radical (unpaired) electrons. The Morgan fingerprint density at radius 3 is 2.79 bits per heavy atom. The van der Waals surface area contributed by atoms with E-state index in [-0.39, 0.29) is 11.6 Å². The fourth-order valence-corrected chi connectivity index (χ4v) is 2.53. The highest BCUT2D eigenvalue weighted by Crippen LogP contribution is 2.24. The van der Waals surface area contributed by atoms with Crippen molar-refractivity contribution in [3.63, 3.8) is 0 Å². The number of halogens is 1. The number of aliphatic imine (C=N–C) groups is 1. The second-order valence-corrected chi connectivity index (χ2v) is 5.22. The zero-order valence-corrected chi connectivity index (χ0v) is 11.2. The lowest BCUT2D eigenvalue weighted by molar-refractivity contribution is -0.129. The van der Waals surface area contributed by atoms with Gasteiger partial charge in [0.2, 0.25) is 5.90 Å². The quantitative estimate of drug-likeness (QED) is 0.624. The van der Waals surface area contributed by atoms with Crippen molar-refractivity contribution < 1.29 is 9.53 Å². The topological polar surface area (TPSA) is 38.7 Å². The first-order valence-electron chi connectivity index (χ1n) is 5.55. The first-order valence-corrected chi connectivity index (χ1v) is 6.81. The van der Waals surface area contributed by atoms with Crippen LogP contribution in [0.3, 0.4) is 0 Å². The molecule has 2 aromatic rings. The van der Waals surface area contributed by atoms with Crippen LogP contribution in [0.25, 0.3) is 6.08 Å². The summed E-state index contributed by atoms with van der Waals surface area (Å²) >= 11 is 7.59. The molecule has 0 amide bonds. The summed E-state index contributed by atoms with van der Waals surface area (Å²) in [5.74, 6) is -0.207. The van der Waals surface area contributed by atoms with Crippen molar-refractivity contribution in [3.05, 3.63) is 62.9 Å². The monoisotopic (exact) mass is 289 g/mol. The van der Waals surface area contributed by atoms with Crippen LogP contribution >= 0.6 is 22.9 Å². The molecule has 0 saturated heterocycles. The molecule has 0 bridgehead atoms. The number of ether oxygens (including phenoxy) is 1. The van der Waals surface area contributed by atoms with E-state index in [1.54, 1.807) is 18.2 Å². The molecule has 0 aliphatic carbocycles. The number of cyclic esters (lactones) is 1. The van der Waals surface area contributed by atoms with Crippen LogP contribution in [0.1, 0.15) is 10.4 Å². The molecule has 5 heteroatoms. The van der Waals surface area contributed by atoms with Crippen molar-refractivity contribution in [2.75, 3.05) is 0 Å². The molecule has 19 heavy (non-hydrogen) atoms. The van der Waals surface area contributed by atoms with Gasteiger partial charge in [-0.3, -0.25) is 0 Å². The Hall–Kier alpha value is -1.91. The molecule has 1 aliphatic rings. The second-order valence-electron chi connectivity index (χ2n) is 3.83. The summed E-state index contributed by atoms with van der Waals surface area (Å²) in [7, 11) is 0. The molecular weight excluding hydrogens is 282 g/mol. The summed E-state index contributed by atoms with van der Waals surface area (Å²) < 4.78 is 5.15. The highest BCUT2D eigenvalue weighted by molar-refractivity contribution is 7.10. The number of benzene rings is 1. The van der Waals surface area contributed by atoms with Gasteiger partial charge in [0, 0.05) is 4.88 Å². The van der Waals surface area contributed by atoms with Crippen molar-refractivity contribution in [2.45, 2.75) is 0 Å². The van der Waals surface area contributed by atoms with E-state index in [1.165, 1.54) is 11.3 Å². The van der Waals surface area contributed by atoms with Gasteiger partial charge in [0.05, 0.1) is 10.6 Å². The van der Waals surface area contributed by atoms with Crippen LogP contribution in [0.5, 0.6) is 0 Å². The Balaban J connectivity index is 1.98. The van der Waals surface area contributed by atoms with Crippen LogP contribution in [0, 0.1) is 0 Å². The summed E-state index contributed by atoms with van der Waals surface area (Å²) in [5, 5.41) is 2.44. The lowest BCUT2D eigenvalue weighted by Gasteiger charge is -2.00. The largest absolute Gasteiger partial charge is 0.402 e. The molecular formula is C14H8ClNO2S. The number of nitrogens with zero attached hydrogens (tertiary/aromatic N) is 1. The molecule has 1 aromatic carbocycles. The third-order valence-electron chi connectivity index (χ3n) is 2.55. The second kappa shape index (κ2) is 4.99. The van der Waals surface area contributed by atoms with Crippen molar-refractivity contribution in [1.82, 2.24) is 0 Å². The highest BCUT2D eigenvalue weighted by Gasteiger charge is 2.25. The molecule has 0 unspecified atom stereocenters. The summed E-state index contributed by atoms with van der Waals surface area (Å²) in [6.45, 7) is 0. The van der Waals surface area contributed by atoms with Gasteiger partial charge in [0.15, 0.2) is 5.70 Å². The van der Waals surface area contributed by atoms with E-state index in [2.05, 4.69) is 4.99 Å². The van der Waals surface area contributed by atoms with E-state index >= 15 is 0 Å². The van der Waals surface area contributed by atoms with E-state index in [0.717, 1.165) is 4.88 Å². The van der Waals surface area contributed by atoms with E-state index in [1.807, 2.05) is 29.6 Å². The Morgan fingerprint density at radius 1 is 1.21 bits per heavy atom. The Bertz CT molecular complexity index is 689. The SMILES string of the molecule is O=C1OC(c2ccccc2Cl)=N/C1=C/c1cccs1. The fraction of sp³-hybridized carbons (Fsp3) is 0. The number of hydrogen-bond donors (Lipinski definition) is 0. The average Bonchev–Trinajstić information content (AvgIpc) is 3.02. The number of rotatable bonds is 2. The number of thiophene rings is 1. The lowest BCUT2D eigenvalue weighted by atomic mass is 10.2. The van der Waals surface area contributed by atoms with Crippen LogP contribution in [-0.2, 0) is 9.53 Å². The molecule has 0 saturated carbocycles. The minimum atomic E-state index is -0.455. The van der Waals surface area contributed by atoms with Crippen LogP contribution in [0.4, 0.5) is 0 Å². The van der Waals surface area contributed by atoms with Crippen molar-refractivity contribution >= 4 is 40.9 Å². The number of esters is 1. The number of hydrogen-bond acceptors (Lipinski definition) is 4. The molecule has 1 aromatic heterocycles.